The summed E-state index contributed by atoms with van der Waals surface area (Å²) in [7, 11) is 0. The number of anilines is 2. The lowest BCUT2D eigenvalue weighted by Crippen LogP contribution is -2.04. The van der Waals surface area contributed by atoms with Crippen LogP contribution in [0.1, 0.15) is 51.2 Å². The van der Waals surface area contributed by atoms with Crippen LogP contribution >= 0.6 is 0 Å². The molecule has 48 heavy (non-hydrogen) atoms. The zero-order chi connectivity index (χ0) is 33.7. The summed E-state index contributed by atoms with van der Waals surface area (Å²) in [5, 5.41) is 6.76. The first-order chi connectivity index (χ1) is 23.2. The first-order valence-electron chi connectivity index (χ1n) is 16.4. The molecule has 0 aliphatic rings. The summed E-state index contributed by atoms with van der Waals surface area (Å²) in [6, 6.07) is 30.2. The van der Waals surface area contributed by atoms with Crippen molar-refractivity contribution >= 4 is 55.2 Å². The first-order valence-corrected chi connectivity index (χ1v) is 16.4. The maximum atomic E-state index is 6.26. The minimum atomic E-state index is 0.297. The van der Waals surface area contributed by atoms with Crippen molar-refractivity contribution in [2.45, 2.75) is 53.6 Å². The molecule has 0 fully saturated rings. The summed E-state index contributed by atoms with van der Waals surface area (Å²) in [6.45, 7) is 12.9. The van der Waals surface area contributed by atoms with Crippen molar-refractivity contribution in [3.8, 4) is 22.3 Å². The molecule has 0 saturated heterocycles. The van der Waals surface area contributed by atoms with Gasteiger partial charge in [-0.3, -0.25) is 0 Å². The van der Waals surface area contributed by atoms with Crippen molar-refractivity contribution in [3.63, 3.8) is 0 Å². The van der Waals surface area contributed by atoms with Crippen molar-refractivity contribution < 1.29 is 0 Å². The van der Waals surface area contributed by atoms with Crippen LogP contribution in [-0.4, -0.2) is 29.1 Å². The number of hydrogen-bond donors (Lipinski definition) is 2. The maximum absolute atomic E-state index is 6.26. The second-order valence-electron chi connectivity index (χ2n) is 12.8. The van der Waals surface area contributed by atoms with Crippen LogP contribution in [0.5, 0.6) is 0 Å². The molecule has 0 spiro atoms. The molecule has 0 atom stereocenters. The Morgan fingerprint density at radius 1 is 0.500 bits per heavy atom. The lowest BCUT2D eigenvalue weighted by atomic mass is 9.96. The first kappa shape index (κ1) is 30.9. The molecule has 8 nitrogen and oxygen atoms in total. The van der Waals surface area contributed by atoms with E-state index in [4.69, 9.17) is 11.5 Å². The summed E-state index contributed by atoms with van der Waals surface area (Å²) in [6.07, 6.45) is 3.09. The van der Waals surface area contributed by atoms with E-state index in [9.17, 15) is 0 Å². The highest BCUT2D eigenvalue weighted by molar-refractivity contribution is 6.10. The van der Waals surface area contributed by atoms with Gasteiger partial charge in [0.1, 0.15) is 35.6 Å². The van der Waals surface area contributed by atoms with Gasteiger partial charge in [-0.25, -0.2) is 19.9 Å². The molecule has 8 heteroatoms. The number of rotatable bonds is 4. The van der Waals surface area contributed by atoms with Crippen molar-refractivity contribution in [1.29, 1.82) is 0 Å². The topological polar surface area (TPSA) is 113 Å². The third-order valence-electron chi connectivity index (χ3n) is 9.27. The average Bonchev–Trinajstić information content (AvgIpc) is 3.56. The van der Waals surface area contributed by atoms with Crippen LogP contribution in [0, 0.1) is 13.8 Å². The second-order valence-corrected chi connectivity index (χ2v) is 12.8. The van der Waals surface area contributed by atoms with Crippen molar-refractivity contribution in [3.05, 3.63) is 109 Å². The molecule has 0 unspecified atom stereocenters. The van der Waals surface area contributed by atoms with Crippen LogP contribution in [0.2, 0.25) is 0 Å². The normalized spacial score (nSPS) is 11.7. The summed E-state index contributed by atoms with van der Waals surface area (Å²) in [4.78, 5) is 17.5. The van der Waals surface area contributed by atoms with Crippen LogP contribution in [0.25, 0.3) is 65.9 Å². The SMILES string of the molecule is Cc1c(-c2cccc3ccccc23)c2c(N)ncnc2n1C(C)C.Cc1c(-c2cccc3ccccc23)c2c(N)ncnc2n1C(C)C. The molecule has 0 radical (unpaired) electrons. The van der Waals surface area contributed by atoms with Gasteiger partial charge in [-0.05, 0) is 74.2 Å². The zero-order valence-electron chi connectivity index (χ0n) is 28.2. The van der Waals surface area contributed by atoms with Crippen LogP contribution in [-0.2, 0) is 0 Å². The Bertz CT molecular complexity index is 2280. The van der Waals surface area contributed by atoms with Gasteiger partial charge in [-0.1, -0.05) is 84.9 Å². The Morgan fingerprint density at radius 2 is 0.875 bits per heavy atom. The summed E-state index contributed by atoms with van der Waals surface area (Å²) in [5.74, 6) is 1.07. The molecule has 0 aliphatic heterocycles. The van der Waals surface area contributed by atoms with Gasteiger partial charge in [-0.15, -0.1) is 0 Å². The van der Waals surface area contributed by atoms with E-state index in [1.54, 1.807) is 12.7 Å². The van der Waals surface area contributed by atoms with E-state index in [1.165, 1.54) is 44.1 Å². The standard InChI is InChI=1S/2C20H20N4/c2*1-12(2)24-13(3)17(18-19(21)22-11-23-20(18)24)16-10-6-8-14-7-4-5-9-15(14)16/h2*4-12H,1-3H3,(H2,21,22,23). The molecule has 0 bridgehead atoms. The molecule has 8 aromatic rings. The number of aromatic nitrogens is 6. The van der Waals surface area contributed by atoms with Gasteiger partial charge in [0.05, 0.1) is 10.8 Å². The van der Waals surface area contributed by atoms with Crippen molar-refractivity contribution in [1.82, 2.24) is 29.1 Å². The fourth-order valence-corrected chi connectivity index (χ4v) is 7.35. The molecular weight excluding hydrogens is 592 g/mol. The monoisotopic (exact) mass is 632 g/mol. The Kier molecular flexibility index (Phi) is 7.79. The quantitative estimate of drug-likeness (QED) is 0.200. The maximum Gasteiger partial charge on any atom is 0.146 e. The molecule has 0 amide bonds. The minimum Gasteiger partial charge on any atom is -0.383 e. The van der Waals surface area contributed by atoms with Crippen LogP contribution in [0.4, 0.5) is 11.6 Å². The van der Waals surface area contributed by atoms with Crippen LogP contribution < -0.4 is 11.5 Å². The Hall–Kier alpha value is -5.76. The van der Waals surface area contributed by atoms with Crippen molar-refractivity contribution in [2.24, 2.45) is 0 Å². The predicted molar refractivity (Wildman–Crippen MR) is 200 cm³/mol. The molecule has 240 valence electrons. The fraction of sp³-hybridized carbons (Fsp3) is 0.200. The molecule has 0 saturated carbocycles. The van der Waals surface area contributed by atoms with E-state index in [1.807, 2.05) is 0 Å². The van der Waals surface area contributed by atoms with E-state index in [0.717, 1.165) is 33.2 Å². The van der Waals surface area contributed by atoms with Gasteiger partial charge in [0.25, 0.3) is 0 Å². The molecule has 0 aliphatic carbocycles. The number of nitrogens with two attached hydrogens (primary N) is 2. The lowest BCUT2D eigenvalue weighted by molar-refractivity contribution is 0.603. The molecular formula is C40H40N8. The van der Waals surface area contributed by atoms with E-state index in [-0.39, 0.29) is 0 Å². The molecule has 4 N–H and O–H groups in total. The highest BCUT2D eigenvalue weighted by Gasteiger charge is 2.23. The minimum absolute atomic E-state index is 0.297. The largest absolute Gasteiger partial charge is 0.383 e. The third-order valence-corrected chi connectivity index (χ3v) is 9.27. The highest BCUT2D eigenvalue weighted by atomic mass is 15.1. The number of benzene rings is 4. The second kappa shape index (κ2) is 12.1. The van der Waals surface area contributed by atoms with Gasteiger partial charge in [0.15, 0.2) is 0 Å². The molecule has 4 aromatic heterocycles. The lowest BCUT2D eigenvalue weighted by Gasteiger charge is -2.12. The van der Waals surface area contributed by atoms with Crippen LogP contribution in [0.15, 0.2) is 97.6 Å². The number of nitrogen functional groups attached to an aromatic ring is 2. The molecule has 4 aromatic carbocycles. The molecule has 4 heterocycles. The van der Waals surface area contributed by atoms with E-state index in [0.29, 0.717) is 23.7 Å². The Labute approximate surface area is 280 Å². The molecule has 8 rings (SSSR count). The predicted octanol–water partition coefficient (Wildman–Crippen LogP) is 9.45. The van der Waals surface area contributed by atoms with Gasteiger partial charge < -0.3 is 20.6 Å². The third kappa shape index (κ3) is 4.92. The van der Waals surface area contributed by atoms with Gasteiger partial charge in [-0.2, -0.15) is 0 Å². The van der Waals surface area contributed by atoms with Gasteiger partial charge in [0, 0.05) is 34.6 Å². The highest BCUT2D eigenvalue weighted by Crippen LogP contribution is 2.42. The summed E-state index contributed by atoms with van der Waals surface area (Å²) >= 11 is 0. The fourth-order valence-electron chi connectivity index (χ4n) is 7.35. The average molecular weight is 633 g/mol. The van der Waals surface area contributed by atoms with Gasteiger partial charge >= 0.3 is 0 Å². The van der Waals surface area contributed by atoms with Crippen LogP contribution in [0.3, 0.4) is 0 Å². The van der Waals surface area contributed by atoms with E-state index < -0.39 is 0 Å². The smallest absolute Gasteiger partial charge is 0.146 e. The Morgan fingerprint density at radius 3 is 1.27 bits per heavy atom. The number of nitrogens with zero attached hydrogens (tertiary/aromatic N) is 6. The Balaban J connectivity index is 0.000000152. The summed E-state index contributed by atoms with van der Waals surface area (Å²) < 4.78 is 4.48. The van der Waals surface area contributed by atoms with E-state index in [2.05, 4.69) is 156 Å². The summed E-state index contributed by atoms with van der Waals surface area (Å²) in [5.41, 5.74) is 21.3. The zero-order valence-corrected chi connectivity index (χ0v) is 28.2. The number of hydrogen-bond acceptors (Lipinski definition) is 6. The van der Waals surface area contributed by atoms with Crippen molar-refractivity contribution in [2.75, 3.05) is 11.5 Å². The van der Waals surface area contributed by atoms with E-state index >= 15 is 0 Å². The number of fused-ring (bicyclic) bond motifs is 4. The van der Waals surface area contributed by atoms with Gasteiger partial charge in [0.2, 0.25) is 0 Å².